The average molecular weight is 184 g/mol. The molecule has 3 heteroatoms. The quantitative estimate of drug-likeness (QED) is 0.606. The first-order chi connectivity index (χ1) is 6.24. The second-order valence-electron chi connectivity index (χ2n) is 3.81. The highest BCUT2D eigenvalue weighted by molar-refractivity contribution is 5.81. The van der Waals surface area contributed by atoms with Crippen LogP contribution in [0.25, 0.3) is 0 Å². The molecule has 1 aliphatic rings. The first-order valence-corrected chi connectivity index (χ1v) is 5.27. The van der Waals surface area contributed by atoms with Crippen LogP contribution >= 0.6 is 0 Å². The molecule has 0 aromatic heterocycles. The highest BCUT2D eigenvalue weighted by Gasteiger charge is 2.25. The van der Waals surface area contributed by atoms with Crippen LogP contribution in [0.3, 0.4) is 0 Å². The monoisotopic (exact) mass is 184 g/mol. The zero-order valence-corrected chi connectivity index (χ0v) is 8.60. The normalized spacial score (nSPS) is 18.3. The minimum atomic E-state index is -0.0350. The molecular weight excluding hydrogens is 164 g/mol. The molecule has 0 bridgehead atoms. The van der Waals surface area contributed by atoms with Crippen molar-refractivity contribution < 1.29 is 4.79 Å². The smallest absolute Gasteiger partial charge is 0.237 e. The number of carbonyl (C=O) groups excluding carboxylic acids is 1. The van der Waals surface area contributed by atoms with Crippen LogP contribution in [0.2, 0.25) is 0 Å². The summed E-state index contributed by atoms with van der Waals surface area (Å²) >= 11 is 0. The third-order valence-electron chi connectivity index (χ3n) is 2.30. The summed E-state index contributed by atoms with van der Waals surface area (Å²) in [6.07, 6.45) is 4.63. The average Bonchev–Trinajstić information content (AvgIpc) is 2.88. The minimum Gasteiger partial charge on any atom is -0.352 e. The van der Waals surface area contributed by atoms with Gasteiger partial charge in [-0.3, -0.25) is 4.79 Å². The Morgan fingerprint density at radius 3 is 2.77 bits per heavy atom. The van der Waals surface area contributed by atoms with Crippen molar-refractivity contribution in [3.05, 3.63) is 0 Å². The van der Waals surface area contributed by atoms with Gasteiger partial charge < -0.3 is 10.6 Å². The summed E-state index contributed by atoms with van der Waals surface area (Å²) in [6.45, 7) is 5.01. The molecule has 1 amide bonds. The van der Waals surface area contributed by atoms with E-state index in [1.807, 2.05) is 6.92 Å². The third kappa shape index (κ3) is 4.27. The van der Waals surface area contributed by atoms with Gasteiger partial charge in [0.2, 0.25) is 5.91 Å². The lowest BCUT2D eigenvalue weighted by Gasteiger charge is -2.12. The predicted octanol–water partition coefficient (Wildman–Crippen LogP) is 1.04. The number of hydrogen-bond donors (Lipinski definition) is 2. The summed E-state index contributed by atoms with van der Waals surface area (Å²) in [7, 11) is 0. The van der Waals surface area contributed by atoms with E-state index in [1.54, 1.807) is 0 Å². The number of hydrogen-bond acceptors (Lipinski definition) is 2. The SMILES string of the molecule is CCCCNC(C)C(=O)NC1CC1. The van der Waals surface area contributed by atoms with Crippen molar-refractivity contribution in [1.82, 2.24) is 10.6 Å². The van der Waals surface area contributed by atoms with E-state index in [4.69, 9.17) is 0 Å². The second kappa shape index (κ2) is 5.22. The van der Waals surface area contributed by atoms with Crippen LogP contribution in [0, 0.1) is 0 Å². The molecule has 0 radical (unpaired) electrons. The van der Waals surface area contributed by atoms with Gasteiger partial charge in [-0.25, -0.2) is 0 Å². The Bertz CT molecular complexity index is 166. The van der Waals surface area contributed by atoms with E-state index in [1.165, 1.54) is 6.42 Å². The molecule has 0 aromatic carbocycles. The van der Waals surface area contributed by atoms with Gasteiger partial charge in [-0.1, -0.05) is 13.3 Å². The fraction of sp³-hybridized carbons (Fsp3) is 0.900. The Morgan fingerprint density at radius 1 is 1.54 bits per heavy atom. The molecule has 2 N–H and O–H groups in total. The fourth-order valence-electron chi connectivity index (χ4n) is 1.14. The molecule has 13 heavy (non-hydrogen) atoms. The number of nitrogens with one attached hydrogen (secondary N) is 2. The van der Waals surface area contributed by atoms with Crippen molar-refractivity contribution in [2.75, 3.05) is 6.54 Å². The molecule has 0 aromatic rings. The van der Waals surface area contributed by atoms with E-state index in [-0.39, 0.29) is 11.9 Å². The molecule has 1 saturated carbocycles. The van der Waals surface area contributed by atoms with E-state index >= 15 is 0 Å². The number of amides is 1. The second-order valence-corrected chi connectivity index (χ2v) is 3.81. The molecule has 1 fully saturated rings. The van der Waals surface area contributed by atoms with Crippen molar-refractivity contribution >= 4 is 5.91 Å². The van der Waals surface area contributed by atoms with E-state index in [0.717, 1.165) is 25.8 Å². The van der Waals surface area contributed by atoms with Gasteiger partial charge in [0, 0.05) is 6.04 Å². The maximum absolute atomic E-state index is 11.4. The van der Waals surface area contributed by atoms with Gasteiger partial charge in [0.15, 0.2) is 0 Å². The van der Waals surface area contributed by atoms with E-state index < -0.39 is 0 Å². The van der Waals surface area contributed by atoms with Crippen LogP contribution in [-0.2, 0) is 4.79 Å². The predicted molar refractivity (Wildman–Crippen MR) is 53.5 cm³/mol. The third-order valence-corrected chi connectivity index (χ3v) is 2.30. The van der Waals surface area contributed by atoms with Crippen LogP contribution in [-0.4, -0.2) is 24.5 Å². The van der Waals surface area contributed by atoms with Crippen molar-refractivity contribution in [1.29, 1.82) is 0 Å². The maximum atomic E-state index is 11.4. The Hall–Kier alpha value is -0.570. The Balaban J connectivity index is 2.05. The lowest BCUT2D eigenvalue weighted by Crippen LogP contribution is -2.43. The van der Waals surface area contributed by atoms with Crippen LogP contribution in [0.1, 0.15) is 39.5 Å². The summed E-state index contributed by atoms with van der Waals surface area (Å²) in [5.74, 6) is 0.151. The lowest BCUT2D eigenvalue weighted by molar-refractivity contribution is -0.122. The summed E-state index contributed by atoms with van der Waals surface area (Å²) in [5, 5.41) is 6.18. The van der Waals surface area contributed by atoms with Crippen molar-refractivity contribution in [2.24, 2.45) is 0 Å². The molecular formula is C10H20N2O. The van der Waals surface area contributed by atoms with Gasteiger partial charge >= 0.3 is 0 Å². The lowest BCUT2D eigenvalue weighted by atomic mass is 10.2. The van der Waals surface area contributed by atoms with E-state index in [2.05, 4.69) is 17.6 Å². The number of unbranched alkanes of at least 4 members (excludes halogenated alkanes) is 1. The molecule has 0 spiro atoms. The van der Waals surface area contributed by atoms with Crippen LogP contribution in [0.15, 0.2) is 0 Å². The van der Waals surface area contributed by atoms with Gasteiger partial charge in [0.25, 0.3) is 0 Å². The fourth-order valence-corrected chi connectivity index (χ4v) is 1.14. The van der Waals surface area contributed by atoms with Crippen LogP contribution < -0.4 is 10.6 Å². The van der Waals surface area contributed by atoms with Gasteiger partial charge in [0.1, 0.15) is 0 Å². The largest absolute Gasteiger partial charge is 0.352 e. The van der Waals surface area contributed by atoms with Crippen LogP contribution in [0.4, 0.5) is 0 Å². The van der Waals surface area contributed by atoms with Gasteiger partial charge in [-0.05, 0) is 32.7 Å². The van der Waals surface area contributed by atoms with Crippen LogP contribution in [0.5, 0.6) is 0 Å². The van der Waals surface area contributed by atoms with Crippen molar-refractivity contribution in [3.8, 4) is 0 Å². The molecule has 0 aliphatic heterocycles. The standard InChI is InChI=1S/C10H20N2O/c1-3-4-7-11-8(2)10(13)12-9-5-6-9/h8-9,11H,3-7H2,1-2H3,(H,12,13). The first kappa shape index (κ1) is 10.5. The molecule has 1 rings (SSSR count). The maximum Gasteiger partial charge on any atom is 0.237 e. The molecule has 3 nitrogen and oxygen atoms in total. The highest BCUT2D eigenvalue weighted by atomic mass is 16.2. The van der Waals surface area contributed by atoms with E-state index in [0.29, 0.717) is 6.04 Å². The molecule has 1 atom stereocenters. The Morgan fingerprint density at radius 2 is 2.23 bits per heavy atom. The van der Waals surface area contributed by atoms with Gasteiger partial charge in [0.05, 0.1) is 6.04 Å². The highest BCUT2D eigenvalue weighted by Crippen LogP contribution is 2.18. The first-order valence-electron chi connectivity index (χ1n) is 5.27. The number of rotatable bonds is 6. The Kier molecular flexibility index (Phi) is 4.22. The van der Waals surface area contributed by atoms with Crippen molar-refractivity contribution in [2.45, 2.75) is 51.6 Å². The van der Waals surface area contributed by atoms with E-state index in [9.17, 15) is 4.79 Å². The molecule has 76 valence electrons. The zero-order valence-electron chi connectivity index (χ0n) is 8.60. The van der Waals surface area contributed by atoms with Gasteiger partial charge in [-0.2, -0.15) is 0 Å². The summed E-state index contributed by atoms with van der Waals surface area (Å²) in [4.78, 5) is 11.4. The molecule has 0 saturated heterocycles. The minimum absolute atomic E-state index is 0.0350. The van der Waals surface area contributed by atoms with Crippen molar-refractivity contribution in [3.63, 3.8) is 0 Å². The van der Waals surface area contributed by atoms with Gasteiger partial charge in [-0.15, -0.1) is 0 Å². The summed E-state index contributed by atoms with van der Waals surface area (Å²) in [6, 6.07) is 0.440. The summed E-state index contributed by atoms with van der Waals surface area (Å²) in [5.41, 5.74) is 0. The zero-order chi connectivity index (χ0) is 9.68. The molecule has 1 aliphatic carbocycles. The number of carbonyl (C=O) groups is 1. The molecule has 1 unspecified atom stereocenters. The Labute approximate surface area is 80.3 Å². The molecule has 0 heterocycles. The topological polar surface area (TPSA) is 41.1 Å². The summed E-state index contributed by atoms with van der Waals surface area (Å²) < 4.78 is 0.